The van der Waals surface area contributed by atoms with E-state index in [0.29, 0.717) is 5.02 Å². The Morgan fingerprint density at radius 2 is 1.78 bits per heavy atom. The van der Waals surface area contributed by atoms with Gasteiger partial charge < -0.3 is 5.73 Å². The standard InChI is InChI=1S/C19H21ClN2O/c20-17-8-4-7-16(13-17)19(18(21)23)9-11-22(12-10-19)14-15-5-2-1-3-6-15/h1-8,13H,9-12,14H2,(H2,21,23). The number of carbonyl (C=O) groups is 1. The Kier molecular flexibility index (Phi) is 4.69. The predicted molar refractivity (Wildman–Crippen MR) is 93.3 cm³/mol. The monoisotopic (exact) mass is 328 g/mol. The minimum absolute atomic E-state index is 0.251. The van der Waals surface area contributed by atoms with Gasteiger partial charge in [-0.25, -0.2) is 0 Å². The SMILES string of the molecule is NC(=O)C1(c2cccc(Cl)c2)CCN(Cc2ccccc2)CC1. The summed E-state index contributed by atoms with van der Waals surface area (Å²) in [5.74, 6) is -0.251. The van der Waals surface area contributed by atoms with E-state index in [1.54, 1.807) is 0 Å². The Balaban J connectivity index is 1.75. The lowest BCUT2D eigenvalue weighted by Gasteiger charge is -2.40. The van der Waals surface area contributed by atoms with Gasteiger partial charge >= 0.3 is 0 Å². The molecule has 0 aliphatic carbocycles. The van der Waals surface area contributed by atoms with Crippen LogP contribution in [0.3, 0.4) is 0 Å². The molecule has 120 valence electrons. The van der Waals surface area contributed by atoms with Gasteiger partial charge in [-0.2, -0.15) is 0 Å². The summed E-state index contributed by atoms with van der Waals surface area (Å²) in [6.07, 6.45) is 1.46. The molecule has 1 amide bonds. The van der Waals surface area contributed by atoms with Gasteiger partial charge in [0.15, 0.2) is 0 Å². The third-order valence-corrected chi connectivity index (χ3v) is 5.04. The van der Waals surface area contributed by atoms with E-state index in [1.165, 1.54) is 5.56 Å². The van der Waals surface area contributed by atoms with Gasteiger partial charge in [-0.1, -0.05) is 54.1 Å². The zero-order chi connectivity index (χ0) is 16.3. The van der Waals surface area contributed by atoms with Crippen LogP contribution in [0.2, 0.25) is 5.02 Å². The zero-order valence-electron chi connectivity index (χ0n) is 13.0. The average molecular weight is 329 g/mol. The number of rotatable bonds is 4. The van der Waals surface area contributed by atoms with Gasteiger partial charge in [0.25, 0.3) is 0 Å². The molecule has 1 aliphatic heterocycles. The van der Waals surface area contributed by atoms with E-state index in [1.807, 2.05) is 30.3 Å². The molecule has 4 heteroatoms. The number of benzene rings is 2. The Morgan fingerprint density at radius 3 is 2.39 bits per heavy atom. The fourth-order valence-corrected chi connectivity index (χ4v) is 3.59. The largest absolute Gasteiger partial charge is 0.369 e. The van der Waals surface area contributed by atoms with Crippen LogP contribution < -0.4 is 5.73 Å². The van der Waals surface area contributed by atoms with Crippen molar-refractivity contribution < 1.29 is 4.79 Å². The van der Waals surface area contributed by atoms with Gasteiger partial charge in [0.05, 0.1) is 5.41 Å². The first-order valence-corrected chi connectivity index (χ1v) is 8.30. The van der Waals surface area contributed by atoms with Gasteiger partial charge in [-0.3, -0.25) is 9.69 Å². The summed E-state index contributed by atoms with van der Waals surface area (Å²) in [4.78, 5) is 14.6. The Bertz CT molecular complexity index is 679. The average Bonchev–Trinajstić information content (AvgIpc) is 2.56. The molecule has 1 fully saturated rings. The molecule has 0 bridgehead atoms. The van der Waals surface area contributed by atoms with E-state index in [-0.39, 0.29) is 5.91 Å². The molecule has 0 saturated carbocycles. The lowest BCUT2D eigenvalue weighted by molar-refractivity contribution is -0.125. The second-order valence-electron chi connectivity index (χ2n) is 6.22. The highest BCUT2D eigenvalue weighted by Gasteiger charge is 2.41. The quantitative estimate of drug-likeness (QED) is 0.935. The lowest BCUT2D eigenvalue weighted by Crippen LogP contribution is -2.49. The Morgan fingerprint density at radius 1 is 1.09 bits per heavy atom. The number of halogens is 1. The molecule has 1 saturated heterocycles. The van der Waals surface area contributed by atoms with Crippen molar-refractivity contribution in [1.82, 2.24) is 4.90 Å². The molecular weight excluding hydrogens is 308 g/mol. The molecule has 23 heavy (non-hydrogen) atoms. The van der Waals surface area contributed by atoms with Crippen LogP contribution in [0.5, 0.6) is 0 Å². The maximum atomic E-state index is 12.2. The fourth-order valence-electron chi connectivity index (χ4n) is 3.40. The molecule has 1 heterocycles. The zero-order valence-corrected chi connectivity index (χ0v) is 13.8. The van der Waals surface area contributed by atoms with Crippen molar-refractivity contribution in [3.63, 3.8) is 0 Å². The molecule has 3 rings (SSSR count). The minimum Gasteiger partial charge on any atom is -0.369 e. The normalized spacial score (nSPS) is 17.8. The van der Waals surface area contributed by atoms with Crippen molar-refractivity contribution in [2.24, 2.45) is 5.73 Å². The summed E-state index contributed by atoms with van der Waals surface area (Å²) in [5, 5.41) is 0.648. The third-order valence-electron chi connectivity index (χ3n) is 4.81. The van der Waals surface area contributed by atoms with E-state index >= 15 is 0 Å². The topological polar surface area (TPSA) is 46.3 Å². The second-order valence-corrected chi connectivity index (χ2v) is 6.65. The second kappa shape index (κ2) is 6.73. The Labute approximate surface area is 142 Å². The van der Waals surface area contributed by atoms with Crippen LogP contribution in [0, 0.1) is 0 Å². The van der Waals surface area contributed by atoms with Gasteiger partial charge in [0, 0.05) is 11.6 Å². The maximum absolute atomic E-state index is 12.2. The number of carbonyl (C=O) groups excluding carboxylic acids is 1. The molecule has 0 aromatic heterocycles. The number of nitrogens with two attached hydrogens (primary N) is 1. The molecule has 1 aliphatic rings. The summed E-state index contributed by atoms with van der Waals surface area (Å²) in [5.41, 5.74) is 7.42. The smallest absolute Gasteiger partial charge is 0.228 e. The summed E-state index contributed by atoms with van der Waals surface area (Å²) < 4.78 is 0. The fraction of sp³-hybridized carbons (Fsp3) is 0.316. The van der Waals surface area contributed by atoms with Crippen LogP contribution in [0.1, 0.15) is 24.0 Å². The van der Waals surface area contributed by atoms with E-state index in [9.17, 15) is 4.79 Å². The summed E-state index contributed by atoms with van der Waals surface area (Å²) >= 11 is 6.10. The number of likely N-dealkylation sites (tertiary alicyclic amines) is 1. The van der Waals surface area contributed by atoms with Crippen LogP contribution in [0.4, 0.5) is 0 Å². The summed E-state index contributed by atoms with van der Waals surface area (Å²) in [6.45, 7) is 2.61. The van der Waals surface area contributed by atoms with Crippen molar-refractivity contribution in [2.45, 2.75) is 24.8 Å². The molecule has 0 unspecified atom stereocenters. The summed E-state index contributed by atoms with van der Waals surface area (Å²) in [6, 6.07) is 17.9. The molecule has 2 aromatic rings. The maximum Gasteiger partial charge on any atom is 0.228 e. The van der Waals surface area contributed by atoms with Gasteiger partial charge in [-0.05, 0) is 49.2 Å². The highest BCUT2D eigenvalue weighted by molar-refractivity contribution is 6.30. The number of primary amides is 1. The third kappa shape index (κ3) is 3.41. The number of nitrogens with zero attached hydrogens (tertiary/aromatic N) is 1. The Hall–Kier alpha value is -1.84. The molecule has 0 radical (unpaired) electrons. The lowest BCUT2D eigenvalue weighted by atomic mass is 9.72. The first-order valence-electron chi connectivity index (χ1n) is 7.92. The number of amides is 1. The molecule has 2 N–H and O–H groups in total. The van der Waals surface area contributed by atoms with Crippen molar-refractivity contribution in [3.05, 3.63) is 70.7 Å². The molecule has 3 nitrogen and oxygen atoms in total. The van der Waals surface area contributed by atoms with Gasteiger partial charge in [0.2, 0.25) is 5.91 Å². The van der Waals surface area contributed by atoms with Crippen molar-refractivity contribution >= 4 is 17.5 Å². The highest BCUT2D eigenvalue weighted by atomic mass is 35.5. The number of piperidine rings is 1. The van der Waals surface area contributed by atoms with E-state index in [2.05, 4.69) is 29.2 Å². The molecule has 2 aromatic carbocycles. The molecule has 0 atom stereocenters. The van der Waals surface area contributed by atoms with Crippen LogP contribution in [-0.2, 0) is 16.8 Å². The molecule has 0 spiro atoms. The minimum atomic E-state index is -0.599. The van der Waals surface area contributed by atoms with Crippen LogP contribution >= 0.6 is 11.6 Å². The van der Waals surface area contributed by atoms with Crippen LogP contribution in [-0.4, -0.2) is 23.9 Å². The van der Waals surface area contributed by atoms with Crippen molar-refractivity contribution in [2.75, 3.05) is 13.1 Å². The van der Waals surface area contributed by atoms with Gasteiger partial charge in [0.1, 0.15) is 0 Å². The van der Waals surface area contributed by atoms with Crippen LogP contribution in [0.15, 0.2) is 54.6 Å². The van der Waals surface area contributed by atoms with E-state index in [0.717, 1.165) is 38.0 Å². The highest BCUT2D eigenvalue weighted by Crippen LogP contribution is 2.36. The molecular formula is C19H21ClN2O. The first kappa shape index (κ1) is 16.0. The van der Waals surface area contributed by atoms with E-state index in [4.69, 9.17) is 17.3 Å². The first-order chi connectivity index (χ1) is 11.1. The van der Waals surface area contributed by atoms with E-state index < -0.39 is 5.41 Å². The van der Waals surface area contributed by atoms with Gasteiger partial charge in [-0.15, -0.1) is 0 Å². The number of hydrogen-bond acceptors (Lipinski definition) is 2. The van der Waals surface area contributed by atoms with Crippen LogP contribution in [0.25, 0.3) is 0 Å². The van der Waals surface area contributed by atoms with Crippen molar-refractivity contribution in [1.29, 1.82) is 0 Å². The summed E-state index contributed by atoms with van der Waals surface area (Å²) in [7, 11) is 0. The number of hydrogen-bond donors (Lipinski definition) is 1. The van der Waals surface area contributed by atoms with Crippen molar-refractivity contribution in [3.8, 4) is 0 Å². The predicted octanol–water partition coefficient (Wildman–Crippen LogP) is 3.36.